The van der Waals surface area contributed by atoms with E-state index in [4.69, 9.17) is 16.3 Å². The van der Waals surface area contributed by atoms with Crippen LogP contribution in [0.15, 0.2) is 50.6 Å². The van der Waals surface area contributed by atoms with Crippen molar-refractivity contribution in [3.05, 3.63) is 83.8 Å². The van der Waals surface area contributed by atoms with E-state index in [-0.39, 0.29) is 22.1 Å². The minimum absolute atomic E-state index is 0.0450. The van der Waals surface area contributed by atoms with Gasteiger partial charge in [-0.15, -0.1) is 0 Å². The predicted octanol–water partition coefficient (Wildman–Crippen LogP) is 3.59. The molecule has 2 heterocycles. The van der Waals surface area contributed by atoms with E-state index >= 15 is 0 Å². The van der Waals surface area contributed by atoms with E-state index in [2.05, 4.69) is 31.1 Å². The molecule has 0 atom stereocenters. The second-order valence-corrected chi connectivity index (χ2v) is 6.61. The van der Waals surface area contributed by atoms with E-state index in [1.54, 1.807) is 18.2 Å². The van der Waals surface area contributed by atoms with Crippen molar-refractivity contribution in [2.75, 3.05) is 0 Å². The van der Waals surface area contributed by atoms with Crippen molar-refractivity contribution >= 4 is 27.5 Å². The molecule has 0 radical (unpaired) electrons. The molecular weight excluding hydrogens is 429 g/mol. The number of halogens is 3. The molecule has 6 nitrogen and oxygen atoms in total. The maximum Gasteiger partial charge on any atom is 0.292 e. The van der Waals surface area contributed by atoms with E-state index in [0.717, 1.165) is 0 Å². The van der Waals surface area contributed by atoms with E-state index in [9.17, 15) is 14.0 Å². The SMILES string of the molecule is O=c1ccc(CCc2ccc(Cl)c(Oc3c(Br)cc[nH]c3=O)c2F)n[nH]1. The minimum atomic E-state index is -0.655. The molecule has 0 unspecified atom stereocenters. The highest BCUT2D eigenvalue weighted by atomic mass is 79.9. The Labute approximate surface area is 160 Å². The molecule has 3 rings (SSSR count). The number of rotatable bonds is 5. The third kappa shape index (κ3) is 4.03. The summed E-state index contributed by atoms with van der Waals surface area (Å²) in [4.78, 5) is 25.3. The van der Waals surface area contributed by atoms with Crippen LogP contribution in [0.2, 0.25) is 5.02 Å². The predicted molar refractivity (Wildman–Crippen MR) is 98.5 cm³/mol. The summed E-state index contributed by atoms with van der Waals surface area (Å²) in [6.45, 7) is 0. The number of hydrogen-bond acceptors (Lipinski definition) is 4. The Hall–Kier alpha value is -2.45. The quantitative estimate of drug-likeness (QED) is 0.635. The largest absolute Gasteiger partial charge is 0.446 e. The first-order chi connectivity index (χ1) is 12.5. The second kappa shape index (κ2) is 7.84. The standard InChI is InChI=1S/C17H12BrClFN3O3/c18-11-7-8-21-17(25)15(11)26-16-12(19)5-2-9(14(16)20)1-3-10-4-6-13(24)23-22-10/h2,4-8H,1,3H2,(H,21,25)(H,23,24). The molecule has 134 valence electrons. The van der Waals surface area contributed by atoms with Gasteiger partial charge in [0.05, 0.1) is 15.2 Å². The van der Waals surface area contributed by atoms with Gasteiger partial charge in [-0.1, -0.05) is 17.7 Å². The van der Waals surface area contributed by atoms with Gasteiger partial charge in [0, 0.05) is 12.3 Å². The maximum atomic E-state index is 14.8. The van der Waals surface area contributed by atoms with Gasteiger partial charge in [-0.2, -0.15) is 5.10 Å². The molecule has 0 saturated carbocycles. The van der Waals surface area contributed by atoms with Gasteiger partial charge in [0.2, 0.25) is 5.75 Å². The lowest BCUT2D eigenvalue weighted by Gasteiger charge is -2.12. The number of aryl methyl sites for hydroxylation is 2. The molecule has 0 fully saturated rings. The summed E-state index contributed by atoms with van der Waals surface area (Å²) in [7, 11) is 0. The third-order valence-electron chi connectivity index (χ3n) is 3.59. The number of aromatic nitrogens is 3. The Balaban J connectivity index is 1.87. The van der Waals surface area contributed by atoms with Crippen LogP contribution in [0.1, 0.15) is 11.3 Å². The fourth-order valence-electron chi connectivity index (χ4n) is 2.27. The Bertz CT molecular complexity index is 1050. The van der Waals surface area contributed by atoms with E-state index < -0.39 is 11.4 Å². The highest BCUT2D eigenvalue weighted by Gasteiger charge is 2.18. The normalized spacial score (nSPS) is 10.7. The summed E-state index contributed by atoms with van der Waals surface area (Å²) >= 11 is 9.24. The molecule has 0 bridgehead atoms. The Kier molecular flexibility index (Phi) is 5.53. The van der Waals surface area contributed by atoms with E-state index in [0.29, 0.717) is 28.6 Å². The molecule has 0 aliphatic heterocycles. The molecule has 26 heavy (non-hydrogen) atoms. The number of ether oxygens (including phenoxy) is 1. The topological polar surface area (TPSA) is 87.8 Å². The third-order valence-corrected chi connectivity index (χ3v) is 4.51. The van der Waals surface area contributed by atoms with Crippen LogP contribution in [0.5, 0.6) is 11.5 Å². The maximum absolute atomic E-state index is 14.8. The monoisotopic (exact) mass is 439 g/mol. The summed E-state index contributed by atoms with van der Waals surface area (Å²) in [5.74, 6) is -0.971. The molecule has 9 heteroatoms. The molecule has 1 aromatic carbocycles. The molecule has 2 aromatic heterocycles. The summed E-state index contributed by atoms with van der Waals surface area (Å²) in [5.41, 5.74) is 0.142. The number of pyridine rings is 1. The van der Waals surface area contributed by atoms with Gasteiger partial charge in [-0.05, 0) is 52.5 Å². The number of H-pyrrole nitrogens is 2. The molecule has 3 aromatic rings. The number of nitrogens with zero attached hydrogens (tertiary/aromatic N) is 1. The van der Waals surface area contributed by atoms with E-state index in [1.807, 2.05) is 0 Å². The molecule has 0 aliphatic rings. The fraction of sp³-hybridized carbons (Fsp3) is 0.118. The highest BCUT2D eigenvalue weighted by molar-refractivity contribution is 9.10. The first kappa shape index (κ1) is 18.3. The lowest BCUT2D eigenvalue weighted by Crippen LogP contribution is -2.10. The van der Waals surface area contributed by atoms with Crippen LogP contribution in [0, 0.1) is 5.82 Å². The van der Waals surface area contributed by atoms with Crippen molar-refractivity contribution in [3.63, 3.8) is 0 Å². The summed E-state index contributed by atoms with van der Waals surface area (Å²) in [6, 6.07) is 7.54. The molecule has 0 aliphatic carbocycles. The van der Waals surface area contributed by atoms with Crippen molar-refractivity contribution in [3.8, 4) is 11.5 Å². The molecular formula is C17H12BrClFN3O3. The van der Waals surface area contributed by atoms with Crippen molar-refractivity contribution in [1.29, 1.82) is 0 Å². The van der Waals surface area contributed by atoms with Crippen LogP contribution in [0.25, 0.3) is 0 Å². The van der Waals surface area contributed by atoms with Crippen LogP contribution in [-0.2, 0) is 12.8 Å². The van der Waals surface area contributed by atoms with E-state index in [1.165, 1.54) is 18.3 Å². The zero-order chi connectivity index (χ0) is 18.7. The summed E-state index contributed by atoms with van der Waals surface area (Å²) in [6.07, 6.45) is 2.15. The first-order valence-electron chi connectivity index (χ1n) is 7.52. The van der Waals surface area contributed by atoms with Gasteiger partial charge in [0.1, 0.15) is 0 Å². The lowest BCUT2D eigenvalue weighted by molar-refractivity contribution is 0.431. The Morgan fingerprint density at radius 3 is 2.62 bits per heavy atom. The van der Waals surface area contributed by atoms with Gasteiger partial charge >= 0.3 is 0 Å². The zero-order valence-corrected chi connectivity index (χ0v) is 15.5. The summed E-state index contributed by atoms with van der Waals surface area (Å²) in [5, 5.41) is 6.26. The van der Waals surface area contributed by atoms with Crippen molar-refractivity contribution in [2.45, 2.75) is 12.8 Å². The molecule has 0 saturated heterocycles. The fourth-order valence-corrected chi connectivity index (χ4v) is 2.85. The number of nitrogens with one attached hydrogen (secondary N) is 2. The number of benzene rings is 1. The van der Waals surface area contributed by atoms with Crippen LogP contribution in [0.4, 0.5) is 4.39 Å². The van der Waals surface area contributed by atoms with Crippen LogP contribution < -0.4 is 15.9 Å². The van der Waals surface area contributed by atoms with Crippen molar-refractivity contribution in [1.82, 2.24) is 15.2 Å². The molecule has 0 spiro atoms. The zero-order valence-electron chi connectivity index (χ0n) is 13.2. The average Bonchev–Trinajstić information content (AvgIpc) is 2.61. The van der Waals surface area contributed by atoms with Crippen LogP contribution in [-0.4, -0.2) is 15.2 Å². The second-order valence-electron chi connectivity index (χ2n) is 5.35. The Morgan fingerprint density at radius 1 is 1.12 bits per heavy atom. The van der Waals surface area contributed by atoms with Gasteiger partial charge in [0.25, 0.3) is 11.1 Å². The van der Waals surface area contributed by atoms with Gasteiger partial charge in [0.15, 0.2) is 11.6 Å². The first-order valence-corrected chi connectivity index (χ1v) is 8.69. The van der Waals surface area contributed by atoms with Crippen molar-refractivity contribution in [2.24, 2.45) is 0 Å². The number of hydrogen-bond donors (Lipinski definition) is 2. The summed E-state index contributed by atoms with van der Waals surface area (Å²) < 4.78 is 20.7. The number of aromatic amines is 2. The minimum Gasteiger partial charge on any atom is -0.446 e. The average molecular weight is 441 g/mol. The van der Waals surface area contributed by atoms with Crippen LogP contribution >= 0.6 is 27.5 Å². The van der Waals surface area contributed by atoms with Gasteiger partial charge < -0.3 is 9.72 Å². The van der Waals surface area contributed by atoms with Crippen LogP contribution in [0.3, 0.4) is 0 Å². The molecule has 0 amide bonds. The van der Waals surface area contributed by atoms with Gasteiger partial charge in [-0.3, -0.25) is 9.59 Å². The van der Waals surface area contributed by atoms with Gasteiger partial charge in [-0.25, -0.2) is 9.49 Å². The smallest absolute Gasteiger partial charge is 0.292 e. The van der Waals surface area contributed by atoms with Crippen molar-refractivity contribution < 1.29 is 9.13 Å². The Morgan fingerprint density at radius 2 is 1.92 bits per heavy atom. The molecule has 2 N–H and O–H groups in total. The lowest BCUT2D eigenvalue weighted by atomic mass is 10.1. The highest BCUT2D eigenvalue weighted by Crippen LogP contribution is 2.35.